The predicted octanol–water partition coefficient (Wildman–Crippen LogP) is 4.32. The van der Waals surface area contributed by atoms with Crippen molar-refractivity contribution in [2.75, 3.05) is 52.2 Å². The van der Waals surface area contributed by atoms with Crippen molar-refractivity contribution in [1.82, 2.24) is 15.1 Å². The zero-order chi connectivity index (χ0) is 20.2. The van der Waals surface area contributed by atoms with E-state index in [2.05, 4.69) is 44.5 Å². The van der Waals surface area contributed by atoms with Gasteiger partial charge in [0.2, 0.25) is 0 Å². The maximum atomic E-state index is 5.56. The largest absolute Gasteiger partial charge is 0.378 e. The fourth-order valence-corrected chi connectivity index (χ4v) is 3.17. The summed E-state index contributed by atoms with van der Waals surface area (Å²) in [6.07, 6.45) is 0. The van der Waals surface area contributed by atoms with Gasteiger partial charge in [-0.2, -0.15) is 0 Å². The summed E-state index contributed by atoms with van der Waals surface area (Å²) in [5.74, 6) is 0.754. The molecule has 150 valence electrons. The summed E-state index contributed by atoms with van der Waals surface area (Å²) < 4.78 is 5.56. The highest BCUT2D eigenvalue weighted by atomic mass is 16.5. The molecule has 0 spiro atoms. The van der Waals surface area contributed by atoms with Crippen LogP contribution in [0.5, 0.6) is 0 Å². The molecular formula is C22H26N6O. The van der Waals surface area contributed by atoms with E-state index >= 15 is 0 Å². The van der Waals surface area contributed by atoms with Gasteiger partial charge in [-0.1, -0.05) is 22.5 Å². The minimum atomic E-state index is 0.754. The smallest absolute Gasteiger partial charge is 0.167 e. The van der Waals surface area contributed by atoms with Crippen LogP contribution in [-0.2, 0) is 0 Å². The molecule has 1 aliphatic rings. The van der Waals surface area contributed by atoms with Gasteiger partial charge in [-0.25, -0.2) is 0 Å². The highest BCUT2D eigenvalue weighted by molar-refractivity contribution is 5.68. The molecule has 0 N–H and O–H groups in total. The Labute approximate surface area is 171 Å². The SMILES string of the molecule is CN1CCN(N=Nc2ccc(-c3cc(-c4ccc(N(C)C)cc4)on3)cc2)CC1. The number of likely N-dealkylation sites (N-methyl/N-ethyl adjacent to an activating group) is 1. The van der Waals surface area contributed by atoms with Crippen molar-refractivity contribution in [3.63, 3.8) is 0 Å². The molecule has 0 radical (unpaired) electrons. The summed E-state index contributed by atoms with van der Waals surface area (Å²) in [6.45, 7) is 3.86. The van der Waals surface area contributed by atoms with Crippen molar-refractivity contribution in [2.45, 2.75) is 0 Å². The van der Waals surface area contributed by atoms with E-state index in [4.69, 9.17) is 4.52 Å². The molecule has 3 aromatic rings. The number of aromatic nitrogens is 1. The lowest BCUT2D eigenvalue weighted by atomic mass is 10.1. The van der Waals surface area contributed by atoms with Gasteiger partial charge in [-0.05, 0) is 43.4 Å². The van der Waals surface area contributed by atoms with E-state index < -0.39 is 0 Å². The average molecular weight is 390 g/mol. The molecule has 0 bridgehead atoms. The molecule has 1 aliphatic heterocycles. The second kappa shape index (κ2) is 8.45. The molecule has 0 amide bonds. The van der Waals surface area contributed by atoms with Crippen LogP contribution < -0.4 is 4.90 Å². The fourth-order valence-electron chi connectivity index (χ4n) is 3.17. The average Bonchev–Trinajstić information content (AvgIpc) is 3.24. The van der Waals surface area contributed by atoms with Crippen LogP contribution in [0, 0.1) is 0 Å². The van der Waals surface area contributed by atoms with Crippen molar-refractivity contribution in [3.05, 3.63) is 54.6 Å². The summed E-state index contributed by atoms with van der Waals surface area (Å²) in [5.41, 5.74) is 4.78. The monoisotopic (exact) mass is 390 g/mol. The number of anilines is 1. The van der Waals surface area contributed by atoms with Gasteiger partial charge in [-0.15, -0.1) is 5.11 Å². The summed E-state index contributed by atoms with van der Waals surface area (Å²) in [5, 5.41) is 14.9. The standard InChI is InChI=1S/C22H26N6O/c1-26(2)20-10-6-18(7-11-20)22-16-21(24-29-22)17-4-8-19(9-5-17)23-25-28-14-12-27(3)13-15-28/h4-11,16H,12-15H2,1-3H3. The molecule has 1 fully saturated rings. The van der Waals surface area contributed by atoms with E-state index in [0.29, 0.717) is 0 Å². The Morgan fingerprint density at radius 2 is 1.55 bits per heavy atom. The third-order valence-corrected chi connectivity index (χ3v) is 5.11. The summed E-state index contributed by atoms with van der Waals surface area (Å²) in [6, 6.07) is 18.1. The van der Waals surface area contributed by atoms with E-state index in [-0.39, 0.29) is 0 Å². The van der Waals surface area contributed by atoms with E-state index in [1.807, 2.05) is 61.6 Å². The fraction of sp³-hybridized carbons (Fsp3) is 0.318. The first-order valence-corrected chi connectivity index (χ1v) is 9.78. The van der Waals surface area contributed by atoms with Crippen LogP contribution in [0.25, 0.3) is 22.6 Å². The maximum Gasteiger partial charge on any atom is 0.167 e. The Hall–Kier alpha value is -3.19. The van der Waals surface area contributed by atoms with Gasteiger partial charge in [0.1, 0.15) is 5.69 Å². The van der Waals surface area contributed by atoms with Crippen LogP contribution in [-0.4, -0.2) is 62.4 Å². The van der Waals surface area contributed by atoms with Crippen molar-refractivity contribution >= 4 is 11.4 Å². The molecule has 1 saturated heterocycles. The highest BCUT2D eigenvalue weighted by Crippen LogP contribution is 2.28. The molecule has 2 heterocycles. The van der Waals surface area contributed by atoms with Gasteiger partial charge in [0.15, 0.2) is 5.76 Å². The maximum absolute atomic E-state index is 5.56. The second-order valence-corrected chi connectivity index (χ2v) is 7.51. The summed E-state index contributed by atoms with van der Waals surface area (Å²) in [4.78, 5) is 4.36. The molecular weight excluding hydrogens is 364 g/mol. The van der Waals surface area contributed by atoms with E-state index in [1.54, 1.807) is 0 Å². The van der Waals surface area contributed by atoms with Crippen LogP contribution in [0.4, 0.5) is 11.4 Å². The topological polar surface area (TPSA) is 60.5 Å². The number of benzene rings is 2. The molecule has 29 heavy (non-hydrogen) atoms. The van der Waals surface area contributed by atoms with Crippen LogP contribution in [0.3, 0.4) is 0 Å². The van der Waals surface area contributed by atoms with Crippen LogP contribution >= 0.6 is 0 Å². The zero-order valence-corrected chi connectivity index (χ0v) is 17.1. The van der Waals surface area contributed by atoms with Crippen molar-refractivity contribution in [2.24, 2.45) is 10.3 Å². The zero-order valence-electron chi connectivity index (χ0n) is 17.1. The van der Waals surface area contributed by atoms with Gasteiger partial charge >= 0.3 is 0 Å². The Kier molecular flexibility index (Phi) is 5.57. The Morgan fingerprint density at radius 1 is 0.897 bits per heavy atom. The molecule has 4 rings (SSSR count). The Morgan fingerprint density at radius 3 is 2.21 bits per heavy atom. The van der Waals surface area contributed by atoms with Crippen molar-refractivity contribution in [3.8, 4) is 22.6 Å². The molecule has 0 unspecified atom stereocenters. The first-order chi connectivity index (χ1) is 14.1. The van der Waals surface area contributed by atoms with Gasteiger partial charge in [0.25, 0.3) is 0 Å². The highest BCUT2D eigenvalue weighted by Gasteiger charge is 2.12. The lowest BCUT2D eigenvalue weighted by Gasteiger charge is -2.29. The molecule has 1 aromatic heterocycles. The number of piperazine rings is 1. The van der Waals surface area contributed by atoms with Crippen LogP contribution in [0.1, 0.15) is 0 Å². The van der Waals surface area contributed by atoms with Gasteiger partial charge in [0.05, 0.1) is 18.8 Å². The number of nitrogens with zero attached hydrogens (tertiary/aromatic N) is 6. The molecule has 7 nitrogen and oxygen atoms in total. The summed E-state index contributed by atoms with van der Waals surface area (Å²) >= 11 is 0. The number of hydrogen-bond acceptors (Lipinski definition) is 6. The lowest BCUT2D eigenvalue weighted by molar-refractivity contribution is 0.150. The Bertz CT molecular complexity index is 954. The van der Waals surface area contributed by atoms with Crippen LogP contribution in [0.15, 0.2) is 69.5 Å². The lowest BCUT2D eigenvalue weighted by Crippen LogP contribution is -2.41. The van der Waals surface area contributed by atoms with Gasteiger partial charge in [-0.3, -0.25) is 5.01 Å². The molecule has 0 aliphatic carbocycles. The second-order valence-electron chi connectivity index (χ2n) is 7.51. The first kappa shape index (κ1) is 19.1. The molecule has 0 atom stereocenters. The molecule has 2 aromatic carbocycles. The van der Waals surface area contributed by atoms with Crippen molar-refractivity contribution < 1.29 is 4.52 Å². The van der Waals surface area contributed by atoms with E-state index in [9.17, 15) is 0 Å². The number of rotatable bonds is 5. The number of hydrogen-bond donors (Lipinski definition) is 0. The Balaban J connectivity index is 1.43. The van der Waals surface area contributed by atoms with E-state index in [0.717, 1.165) is 60.1 Å². The van der Waals surface area contributed by atoms with E-state index in [1.165, 1.54) is 0 Å². The minimum absolute atomic E-state index is 0.754. The molecule has 7 heteroatoms. The first-order valence-electron chi connectivity index (χ1n) is 9.78. The third-order valence-electron chi connectivity index (χ3n) is 5.11. The quantitative estimate of drug-likeness (QED) is 0.607. The van der Waals surface area contributed by atoms with Gasteiger partial charge in [0, 0.05) is 50.1 Å². The normalized spacial score (nSPS) is 15.2. The molecule has 0 saturated carbocycles. The third kappa shape index (κ3) is 4.63. The summed E-state index contributed by atoms with van der Waals surface area (Å²) in [7, 11) is 6.17. The predicted molar refractivity (Wildman–Crippen MR) is 115 cm³/mol. The van der Waals surface area contributed by atoms with Crippen molar-refractivity contribution in [1.29, 1.82) is 0 Å². The van der Waals surface area contributed by atoms with Gasteiger partial charge < -0.3 is 14.3 Å². The van der Waals surface area contributed by atoms with Crippen LogP contribution in [0.2, 0.25) is 0 Å². The minimum Gasteiger partial charge on any atom is -0.378 e.